The number of anilines is 1. The molecule has 3 aromatic carbocycles. The number of hydrogen-bond donors (Lipinski definition) is 1. The van der Waals surface area contributed by atoms with Crippen LogP contribution in [-0.2, 0) is 16.2 Å². The van der Waals surface area contributed by atoms with Crippen LogP contribution in [0.15, 0.2) is 70.0 Å². The molecule has 37 heavy (non-hydrogen) atoms. The number of hydrogen-bond acceptors (Lipinski definition) is 6. The number of nitrogens with zero attached hydrogens (tertiary/aromatic N) is 1. The highest BCUT2D eigenvalue weighted by molar-refractivity contribution is 9.10. The van der Waals surface area contributed by atoms with Gasteiger partial charge in [0, 0.05) is 15.7 Å². The summed E-state index contributed by atoms with van der Waals surface area (Å²) in [5.41, 5.74) is 2.00. The van der Waals surface area contributed by atoms with Crippen molar-refractivity contribution in [1.82, 2.24) is 4.90 Å². The van der Waals surface area contributed by atoms with E-state index in [-0.39, 0.29) is 4.91 Å². The molecule has 0 aliphatic carbocycles. The molecule has 11 heteroatoms. The Bertz CT molecular complexity index is 1400. The third-order valence-electron chi connectivity index (χ3n) is 5.13. The van der Waals surface area contributed by atoms with Crippen LogP contribution in [0.25, 0.3) is 6.08 Å². The number of ether oxygens (including phenoxy) is 2. The number of amides is 3. The Hall–Kier alpha value is -2.98. The summed E-state index contributed by atoms with van der Waals surface area (Å²) < 4.78 is 12.0. The van der Waals surface area contributed by atoms with Gasteiger partial charge in [0.05, 0.1) is 16.5 Å². The highest BCUT2D eigenvalue weighted by atomic mass is 79.9. The van der Waals surface area contributed by atoms with Crippen LogP contribution in [0.5, 0.6) is 11.5 Å². The lowest BCUT2D eigenvalue weighted by atomic mass is 10.1. The molecule has 1 aliphatic heterocycles. The molecule has 0 aromatic heterocycles. The van der Waals surface area contributed by atoms with Gasteiger partial charge in [0.25, 0.3) is 11.1 Å². The molecule has 7 nitrogen and oxygen atoms in total. The molecule has 3 aromatic rings. The summed E-state index contributed by atoms with van der Waals surface area (Å²) in [6.07, 6.45) is 1.57. The maximum absolute atomic E-state index is 12.9. The van der Waals surface area contributed by atoms with Crippen molar-refractivity contribution in [3.05, 3.63) is 91.2 Å². The van der Waals surface area contributed by atoms with Crippen LogP contribution in [-0.4, -0.2) is 35.6 Å². The third kappa shape index (κ3) is 6.87. The first-order valence-electron chi connectivity index (χ1n) is 10.8. The molecule has 0 spiro atoms. The number of carbonyl (C=O) groups is 3. The Balaban J connectivity index is 1.46. The number of carbonyl (C=O) groups excluding carboxylic acids is 3. The fourth-order valence-electron chi connectivity index (χ4n) is 3.40. The normalized spacial score (nSPS) is 14.3. The topological polar surface area (TPSA) is 84.9 Å². The lowest BCUT2D eigenvalue weighted by Crippen LogP contribution is -2.36. The Labute approximate surface area is 235 Å². The van der Waals surface area contributed by atoms with E-state index in [1.54, 1.807) is 54.6 Å². The van der Waals surface area contributed by atoms with Crippen LogP contribution in [0.2, 0.25) is 10.0 Å². The van der Waals surface area contributed by atoms with E-state index in [2.05, 4.69) is 21.2 Å². The van der Waals surface area contributed by atoms with E-state index in [0.29, 0.717) is 43.9 Å². The van der Waals surface area contributed by atoms with Gasteiger partial charge in [0.2, 0.25) is 5.91 Å². The molecule has 4 rings (SSSR count). The average Bonchev–Trinajstić information content (AvgIpc) is 3.11. The molecule has 190 valence electrons. The Morgan fingerprint density at radius 1 is 1.08 bits per heavy atom. The van der Waals surface area contributed by atoms with Gasteiger partial charge in [-0.15, -0.1) is 0 Å². The first-order chi connectivity index (χ1) is 17.7. The summed E-state index contributed by atoms with van der Waals surface area (Å²) in [5, 5.41) is 3.18. The van der Waals surface area contributed by atoms with Crippen LogP contribution in [0, 0.1) is 0 Å². The summed E-state index contributed by atoms with van der Waals surface area (Å²) in [4.78, 5) is 38.9. The van der Waals surface area contributed by atoms with Crippen molar-refractivity contribution < 1.29 is 23.9 Å². The third-order valence-corrected chi connectivity index (χ3v) is 7.11. The van der Waals surface area contributed by atoms with Crippen molar-refractivity contribution in [3.63, 3.8) is 0 Å². The Morgan fingerprint density at radius 3 is 2.54 bits per heavy atom. The minimum absolute atomic E-state index is 0.185. The zero-order valence-electron chi connectivity index (χ0n) is 19.3. The maximum Gasteiger partial charge on any atom is 0.294 e. The van der Waals surface area contributed by atoms with Gasteiger partial charge in [-0.1, -0.05) is 41.4 Å². The van der Waals surface area contributed by atoms with E-state index in [0.717, 1.165) is 22.2 Å². The van der Waals surface area contributed by atoms with Gasteiger partial charge >= 0.3 is 0 Å². The fourth-order valence-corrected chi connectivity index (χ4v) is 5.13. The van der Waals surface area contributed by atoms with E-state index in [1.165, 1.54) is 7.11 Å². The van der Waals surface area contributed by atoms with Crippen LogP contribution >= 0.6 is 50.9 Å². The van der Waals surface area contributed by atoms with Gasteiger partial charge < -0.3 is 14.8 Å². The molecule has 1 aliphatic rings. The molecule has 1 saturated heterocycles. The van der Waals surface area contributed by atoms with Gasteiger partial charge in [-0.25, -0.2) is 0 Å². The molecular weight excluding hydrogens is 603 g/mol. The number of imide groups is 1. The van der Waals surface area contributed by atoms with Crippen molar-refractivity contribution in [1.29, 1.82) is 0 Å². The maximum atomic E-state index is 12.9. The number of halogens is 3. The van der Waals surface area contributed by atoms with Crippen molar-refractivity contribution in [3.8, 4) is 11.5 Å². The molecule has 1 N–H and O–H groups in total. The van der Waals surface area contributed by atoms with Crippen LogP contribution in [0.3, 0.4) is 0 Å². The van der Waals surface area contributed by atoms with Crippen molar-refractivity contribution in [2.24, 2.45) is 0 Å². The highest BCUT2D eigenvalue weighted by Gasteiger charge is 2.36. The molecular formula is C26H19BrCl2N2O5S. The minimum atomic E-state index is -0.561. The zero-order chi connectivity index (χ0) is 26.5. The molecule has 0 unspecified atom stereocenters. The standard InChI is InChI=1S/C26H19BrCl2N2O5S/c1-35-21-10-16(9-20(27)24(21)36-14-15-5-7-17(28)8-6-15)11-22-25(33)31(26(34)37-22)13-23(32)30-19-4-2-3-18(29)12-19/h2-12H,13-14H2,1H3,(H,30,32)/b22-11+. The summed E-state index contributed by atoms with van der Waals surface area (Å²) in [7, 11) is 1.51. The number of thioether (sulfide) groups is 1. The quantitative estimate of drug-likeness (QED) is 0.272. The summed E-state index contributed by atoms with van der Waals surface area (Å²) in [6.45, 7) is -0.124. The predicted molar refractivity (Wildman–Crippen MR) is 149 cm³/mol. The smallest absolute Gasteiger partial charge is 0.294 e. The number of nitrogens with one attached hydrogen (secondary N) is 1. The van der Waals surface area contributed by atoms with Crippen LogP contribution in [0.4, 0.5) is 10.5 Å². The van der Waals surface area contributed by atoms with E-state index >= 15 is 0 Å². The molecule has 0 bridgehead atoms. The fraction of sp³-hybridized carbons (Fsp3) is 0.115. The molecule has 0 radical (unpaired) electrons. The van der Waals surface area contributed by atoms with Crippen LogP contribution < -0.4 is 14.8 Å². The Morgan fingerprint density at radius 2 is 1.84 bits per heavy atom. The monoisotopic (exact) mass is 620 g/mol. The molecule has 1 fully saturated rings. The zero-order valence-corrected chi connectivity index (χ0v) is 23.2. The number of benzene rings is 3. The largest absolute Gasteiger partial charge is 0.493 e. The van der Waals surface area contributed by atoms with E-state index in [9.17, 15) is 14.4 Å². The summed E-state index contributed by atoms with van der Waals surface area (Å²) in [5.74, 6) is -0.151. The van der Waals surface area contributed by atoms with E-state index < -0.39 is 23.6 Å². The van der Waals surface area contributed by atoms with E-state index in [4.69, 9.17) is 32.7 Å². The van der Waals surface area contributed by atoms with Gasteiger partial charge in [-0.05, 0) is 87.4 Å². The van der Waals surface area contributed by atoms with Gasteiger partial charge in [0.15, 0.2) is 11.5 Å². The van der Waals surface area contributed by atoms with Gasteiger partial charge in [0.1, 0.15) is 13.2 Å². The minimum Gasteiger partial charge on any atom is -0.493 e. The molecule has 0 saturated carbocycles. The second-order valence-electron chi connectivity index (χ2n) is 7.78. The summed E-state index contributed by atoms with van der Waals surface area (Å²) >= 11 is 16.1. The first kappa shape index (κ1) is 27.1. The average molecular weight is 622 g/mol. The number of methoxy groups -OCH3 is 1. The predicted octanol–water partition coefficient (Wildman–Crippen LogP) is 7.02. The second-order valence-corrected chi connectivity index (χ2v) is 10.5. The molecule has 3 amide bonds. The molecule has 1 heterocycles. The second kappa shape index (κ2) is 12.0. The molecule has 0 atom stereocenters. The van der Waals surface area contributed by atoms with Crippen LogP contribution in [0.1, 0.15) is 11.1 Å². The first-order valence-corrected chi connectivity index (χ1v) is 13.2. The van der Waals surface area contributed by atoms with Crippen molar-refractivity contribution in [2.45, 2.75) is 6.61 Å². The lowest BCUT2D eigenvalue weighted by molar-refractivity contribution is -0.127. The number of rotatable bonds is 8. The van der Waals surface area contributed by atoms with Gasteiger partial charge in [-0.2, -0.15) is 0 Å². The Kier molecular flexibility index (Phi) is 8.81. The van der Waals surface area contributed by atoms with E-state index in [1.807, 2.05) is 12.1 Å². The summed E-state index contributed by atoms with van der Waals surface area (Å²) in [6, 6.07) is 17.3. The highest BCUT2D eigenvalue weighted by Crippen LogP contribution is 2.39. The van der Waals surface area contributed by atoms with Crippen molar-refractivity contribution >= 4 is 79.7 Å². The van der Waals surface area contributed by atoms with Gasteiger partial charge in [-0.3, -0.25) is 19.3 Å². The SMILES string of the molecule is COc1cc(/C=C2/SC(=O)N(CC(=O)Nc3cccc(Cl)c3)C2=O)cc(Br)c1OCc1ccc(Cl)cc1. The lowest BCUT2D eigenvalue weighted by Gasteiger charge is -2.14. The van der Waals surface area contributed by atoms with Crippen molar-refractivity contribution in [2.75, 3.05) is 19.0 Å².